The van der Waals surface area contributed by atoms with Crippen LogP contribution in [0.15, 0.2) is 48.7 Å². The molecule has 0 atom stereocenters. The fourth-order valence-electron chi connectivity index (χ4n) is 3.82. The molecule has 1 aromatic heterocycles. The Morgan fingerprint density at radius 1 is 1.06 bits per heavy atom. The Morgan fingerprint density at radius 2 is 1.78 bits per heavy atom. The fraction of sp³-hybridized carbons (Fsp3) is 0.538. The van der Waals surface area contributed by atoms with Crippen molar-refractivity contribution in [2.24, 2.45) is 5.41 Å². The molecule has 1 aliphatic carbocycles. The van der Waals surface area contributed by atoms with E-state index >= 15 is 0 Å². The van der Waals surface area contributed by atoms with Crippen molar-refractivity contribution in [2.45, 2.75) is 59.2 Å². The van der Waals surface area contributed by atoms with Crippen molar-refractivity contribution in [3.8, 4) is 0 Å². The molecule has 1 heterocycles. The van der Waals surface area contributed by atoms with Crippen molar-refractivity contribution in [2.75, 3.05) is 26.8 Å². The zero-order valence-electron chi connectivity index (χ0n) is 19.9. The van der Waals surface area contributed by atoms with Crippen molar-refractivity contribution in [1.82, 2.24) is 14.4 Å². The number of ether oxygens (including phenoxy) is 1. The molecule has 1 aliphatic rings. The first-order chi connectivity index (χ1) is 15.3. The van der Waals surface area contributed by atoms with Crippen molar-refractivity contribution in [1.29, 1.82) is 0 Å². The summed E-state index contributed by atoms with van der Waals surface area (Å²) < 4.78 is 7.39. The van der Waals surface area contributed by atoms with Gasteiger partial charge in [-0.25, -0.2) is 0 Å². The minimum absolute atomic E-state index is 0.00565. The normalized spacial score (nSPS) is 13.8. The lowest BCUT2D eigenvalue weighted by atomic mass is 9.91. The van der Waals surface area contributed by atoms with Crippen molar-refractivity contribution in [3.05, 3.63) is 59.9 Å². The molecule has 1 aromatic carbocycles. The SMILES string of the molecule is COCCN(CC(=O)N(Cc1cccn1Cc1ccccc1)C1CC1)C(=O)CC(C)(C)C. The number of nitrogens with zero attached hydrogens (tertiary/aromatic N) is 3. The highest BCUT2D eigenvalue weighted by Crippen LogP contribution is 2.29. The fourth-order valence-corrected chi connectivity index (χ4v) is 3.82. The number of carbonyl (C=O) groups is 2. The van der Waals surface area contributed by atoms with Crippen LogP contribution < -0.4 is 0 Å². The molecular weight excluding hydrogens is 402 g/mol. The van der Waals surface area contributed by atoms with Crippen LogP contribution in [0.4, 0.5) is 0 Å². The second-order valence-corrected chi connectivity index (χ2v) is 9.91. The van der Waals surface area contributed by atoms with Crippen LogP contribution in [0.5, 0.6) is 0 Å². The molecule has 0 saturated heterocycles. The van der Waals surface area contributed by atoms with E-state index in [1.807, 2.05) is 49.9 Å². The minimum Gasteiger partial charge on any atom is -0.383 e. The molecule has 2 amide bonds. The third kappa shape index (κ3) is 7.23. The third-order valence-corrected chi connectivity index (χ3v) is 5.69. The van der Waals surface area contributed by atoms with E-state index in [0.717, 1.165) is 25.1 Å². The number of benzene rings is 1. The summed E-state index contributed by atoms with van der Waals surface area (Å²) in [7, 11) is 1.62. The van der Waals surface area contributed by atoms with E-state index < -0.39 is 0 Å². The second kappa shape index (κ2) is 10.8. The molecule has 6 heteroatoms. The predicted octanol–water partition coefficient (Wildman–Crippen LogP) is 3.94. The van der Waals surface area contributed by atoms with Crippen LogP contribution in [0.3, 0.4) is 0 Å². The van der Waals surface area contributed by atoms with Crippen molar-refractivity contribution in [3.63, 3.8) is 0 Å². The zero-order valence-corrected chi connectivity index (χ0v) is 19.9. The highest BCUT2D eigenvalue weighted by molar-refractivity contribution is 5.85. The van der Waals surface area contributed by atoms with Gasteiger partial charge in [0.05, 0.1) is 19.7 Å². The van der Waals surface area contributed by atoms with E-state index in [9.17, 15) is 9.59 Å². The molecule has 174 valence electrons. The molecule has 0 spiro atoms. The van der Waals surface area contributed by atoms with E-state index in [2.05, 4.69) is 29.0 Å². The molecule has 32 heavy (non-hydrogen) atoms. The Morgan fingerprint density at radius 3 is 2.41 bits per heavy atom. The smallest absolute Gasteiger partial charge is 0.242 e. The molecule has 1 saturated carbocycles. The zero-order chi connectivity index (χ0) is 23.1. The molecule has 2 aromatic rings. The first-order valence-electron chi connectivity index (χ1n) is 11.5. The number of rotatable bonds is 11. The number of aromatic nitrogens is 1. The van der Waals surface area contributed by atoms with Gasteiger partial charge in [-0.05, 0) is 36.0 Å². The van der Waals surface area contributed by atoms with E-state index in [0.29, 0.717) is 26.1 Å². The lowest BCUT2D eigenvalue weighted by molar-refractivity contribution is -0.142. The molecular formula is C26H37N3O3. The van der Waals surface area contributed by atoms with Crippen LogP contribution in [-0.2, 0) is 27.4 Å². The highest BCUT2D eigenvalue weighted by atomic mass is 16.5. The van der Waals surface area contributed by atoms with Crippen LogP contribution >= 0.6 is 0 Å². The topological polar surface area (TPSA) is 54.8 Å². The first kappa shape index (κ1) is 24.1. The van der Waals surface area contributed by atoms with E-state index in [-0.39, 0.29) is 29.8 Å². The van der Waals surface area contributed by atoms with Gasteiger partial charge in [0.1, 0.15) is 0 Å². The van der Waals surface area contributed by atoms with Crippen LogP contribution in [0, 0.1) is 5.41 Å². The van der Waals surface area contributed by atoms with E-state index in [1.165, 1.54) is 5.56 Å². The van der Waals surface area contributed by atoms with E-state index in [1.54, 1.807) is 12.0 Å². The lowest BCUT2D eigenvalue weighted by Gasteiger charge is -2.30. The Kier molecular flexibility index (Phi) is 8.13. The Bertz CT molecular complexity index is 881. The van der Waals surface area contributed by atoms with Gasteiger partial charge in [0.15, 0.2) is 0 Å². The third-order valence-electron chi connectivity index (χ3n) is 5.69. The summed E-state index contributed by atoms with van der Waals surface area (Å²) in [5, 5.41) is 0. The van der Waals surface area contributed by atoms with Crippen LogP contribution in [-0.4, -0.2) is 59.0 Å². The molecule has 0 radical (unpaired) electrons. The standard InChI is InChI=1S/C26H37N3O3/c1-26(2,3)17-24(30)28(15-16-32-4)20-25(31)29(22-12-13-22)19-23-11-8-14-27(23)18-21-9-6-5-7-10-21/h5-11,14,22H,12-13,15-20H2,1-4H3. The number of methoxy groups -OCH3 is 1. The van der Waals surface area contributed by atoms with Crippen molar-refractivity contribution >= 4 is 11.8 Å². The molecule has 6 nitrogen and oxygen atoms in total. The maximum absolute atomic E-state index is 13.3. The summed E-state index contributed by atoms with van der Waals surface area (Å²) in [6.07, 6.45) is 4.53. The van der Waals surface area contributed by atoms with E-state index in [4.69, 9.17) is 4.74 Å². The number of hydrogen-bond acceptors (Lipinski definition) is 3. The largest absolute Gasteiger partial charge is 0.383 e. The summed E-state index contributed by atoms with van der Waals surface area (Å²) in [6.45, 7) is 8.42. The first-order valence-corrected chi connectivity index (χ1v) is 11.5. The van der Waals surface area contributed by atoms with Gasteiger partial charge in [-0.2, -0.15) is 0 Å². The van der Waals surface area contributed by atoms with Gasteiger partial charge in [0, 0.05) is 44.6 Å². The van der Waals surface area contributed by atoms with Gasteiger partial charge in [-0.15, -0.1) is 0 Å². The Labute approximate surface area is 192 Å². The van der Waals surface area contributed by atoms with Crippen LogP contribution in [0.1, 0.15) is 51.3 Å². The molecule has 0 N–H and O–H groups in total. The van der Waals surface area contributed by atoms with Crippen molar-refractivity contribution < 1.29 is 14.3 Å². The Balaban J connectivity index is 1.69. The highest BCUT2D eigenvalue weighted by Gasteiger charge is 2.34. The molecule has 0 aliphatic heterocycles. The summed E-state index contributed by atoms with van der Waals surface area (Å²) in [5.41, 5.74) is 2.21. The van der Waals surface area contributed by atoms with Gasteiger partial charge in [-0.1, -0.05) is 51.1 Å². The molecule has 1 fully saturated rings. The number of hydrogen-bond donors (Lipinski definition) is 0. The summed E-state index contributed by atoms with van der Waals surface area (Å²) in [5.74, 6) is 0.0180. The molecule has 3 rings (SSSR count). The minimum atomic E-state index is -0.125. The quantitative estimate of drug-likeness (QED) is 0.533. The maximum Gasteiger partial charge on any atom is 0.242 e. The average molecular weight is 440 g/mol. The van der Waals surface area contributed by atoms with Gasteiger partial charge >= 0.3 is 0 Å². The average Bonchev–Trinajstić information content (AvgIpc) is 3.49. The molecule has 0 unspecified atom stereocenters. The van der Waals surface area contributed by atoms with Gasteiger partial charge in [-0.3, -0.25) is 9.59 Å². The van der Waals surface area contributed by atoms with Crippen LogP contribution in [0.2, 0.25) is 0 Å². The van der Waals surface area contributed by atoms with Gasteiger partial charge < -0.3 is 19.1 Å². The predicted molar refractivity (Wildman–Crippen MR) is 126 cm³/mol. The molecule has 0 bridgehead atoms. The van der Waals surface area contributed by atoms with Gasteiger partial charge in [0.25, 0.3) is 0 Å². The second-order valence-electron chi connectivity index (χ2n) is 9.91. The lowest BCUT2D eigenvalue weighted by Crippen LogP contribution is -2.45. The summed E-state index contributed by atoms with van der Waals surface area (Å²) in [4.78, 5) is 29.8. The summed E-state index contributed by atoms with van der Waals surface area (Å²) >= 11 is 0. The maximum atomic E-state index is 13.3. The number of carbonyl (C=O) groups excluding carboxylic acids is 2. The monoisotopic (exact) mass is 439 g/mol. The number of amides is 2. The summed E-state index contributed by atoms with van der Waals surface area (Å²) in [6, 6.07) is 14.7. The van der Waals surface area contributed by atoms with Crippen LogP contribution in [0.25, 0.3) is 0 Å². The Hall–Kier alpha value is -2.60. The van der Waals surface area contributed by atoms with Gasteiger partial charge in [0.2, 0.25) is 11.8 Å².